The van der Waals surface area contributed by atoms with E-state index in [9.17, 15) is 0 Å². The van der Waals surface area contributed by atoms with Crippen LogP contribution in [0, 0.1) is 63.7 Å². The smallest absolute Gasteiger partial charge is 0.469 e. The molecule has 2 saturated carbocycles. The summed E-state index contributed by atoms with van der Waals surface area (Å²) in [6.45, 7) is 0.993. The van der Waals surface area contributed by atoms with Crippen molar-refractivity contribution in [3.63, 3.8) is 0 Å². The third-order valence-electron chi connectivity index (χ3n) is 1.70. The van der Waals surface area contributed by atoms with Gasteiger partial charge in [0.15, 0.2) is 0 Å². The molecule has 0 aromatic carbocycles. The molecule has 80 valence electrons. The second kappa shape index (κ2) is 12.5. The maximum Gasteiger partial charge on any atom is 2.00 e. The normalized spacial score (nSPS) is 19.7. The van der Waals surface area contributed by atoms with Crippen LogP contribution in [0.25, 0.3) is 0 Å². The molecule has 2 rings (SSSR count). The summed E-state index contributed by atoms with van der Waals surface area (Å²) in [5, 5.41) is 0. The number of hydrogen-bond acceptors (Lipinski definition) is 1. The fraction of sp³-hybridized carbons (Fsp3) is 0.231. The summed E-state index contributed by atoms with van der Waals surface area (Å²) in [7, 11) is 4.11. The summed E-state index contributed by atoms with van der Waals surface area (Å²) >= 11 is 0. The molecule has 0 N–H and O–H groups in total. The Morgan fingerprint density at radius 3 is 1.81 bits per heavy atom. The summed E-state index contributed by atoms with van der Waals surface area (Å²) < 4.78 is 0. The average Bonchev–Trinajstić information content (AvgIpc) is 2.75. The van der Waals surface area contributed by atoms with Gasteiger partial charge in [0.25, 0.3) is 0 Å². The van der Waals surface area contributed by atoms with Crippen molar-refractivity contribution in [1.82, 2.24) is 4.90 Å². The molecule has 0 bridgehead atoms. The third-order valence-corrected chi connectivity index (χ3v) is 1.70. The molecular formula is C13H16FeLiN+2. The van der Waals surface area contributed by atoms with E-state index in [1.54, 1.807) is 0 Å². The van der Waals surface area contributed by atoms with Gasteiger partial charge in [0, 0.05) is 0 Å². The summed E-state index contributed by atoms with van der Waals surface area (Å²) in [5.41, 5.74) is 0. The molecule has 2 fully saturated rings. The number of nitrogens with zero attached hydrogens (tertiary/aromatic N) is 1. The molecule has 0 unspecified atom stereocenters. The molecule has 2 aliphatic rings. The van der Waals surface area contributed by atoms with Gasteiger partial charge in [-0.05, 0) is 52.7 Å². The van der Waals surface area contributed by atoms with E-state index >= 15 is 0 Å². The molecule has 0 aliphatic heterocycles. The van der Waals surface area contributed by atoms with Crippen molar-refractivity contribution in [3.05, 3.63) is 63.7 Å². The van der Waals surface area contributed by atoms with Gasteiger partial charge in [0.1, 0.15) is 0 Å². The molecule has 2 aliphatic carbocycles. The topological polar surface area (TPSA) is 3.24 Å². The molecule has 0 aromatic heterocycles. The van der Waals surface area contributed by atoms with E-state index in [1.165, 1.54) is 5.92 Å². The Morgan fingerprint density at radius 2 is 1.50 bits per heavy atom. The van der Waals surface area contributed by atoms with Crippen molar-refractivity contribution in [2.24, 2.45) is 0 Å². The molecule has 0 amide bonds. The molecule has 0 spiro atoms. The Bertz CT molecular complexity index is 124. The first-order valence-electron chi connectivity index (χ1n) is 4.72. The third kappa shape index (κ3) is 10.2. The van der Waals surface area contributed by atoms with Crippen molar-refractivity contribution >= 4 is 0 Å². The maximum absolute atomic E-state index is 3.13. The van der Waals surface area contributed by atoms with Crippen LogP contribution in [-0.4, -0.2) is 25.5 Å². The SMILES string of the molecule is CN(C)C[C]1[C-][CH][CH][CH]1.[CH]1[CH][CH][CH][CH]1.[Fe+2].[Li+]. The van der Waals surface area contributed by atoms with Gasteiger partial charge in [-0.3, -0.25) is 0 Å². The molecule has 0 heterocycles. The van der Waals surface area contributed by atoms with Crippen LogP contribution in [0.5, 0.6) is 0 Å². The van der Waals surface area contributed by atoms with Crippen LogP contribution < -0.4 is 18.9 Å². The van der Waals surface area contributed by atoms with E-state index in [2.05, 4.69) is 31.8 Å². The Hall–Kier alpha value is 1.08. The van der Waals surface area contributed by atoms with E-state index in [0.29, 0.717) is 0 Å². The fourth-order valence-corrected chi connectivity index (χ4v) is 1.13. The molecule has 0 aromatic rings. The van der Waals surface area contributed by atoms with Crippen LogP contribution in [0.15, 0.2) is 0 Å². The fourth-order valence-electron chi connectivity index (χ4n) is 1.13. The van der Waals surface area contributed by atoms with Gasteiger partial charge in [-0.1, -0.05) is 12.8 Å². The van der Waals surface area contributed by atoms with Gasteiger partial charge in [-0.15, -0.1) is 0 Å². The Morgan fingerprint density at radius 1 is 1.00 bits per heavy atom. The summed E-state index contributed by atoms with van der Waals surface area (Å²) in [6.07, 6.45) is 19.2. The van der Waals surface area contributed by atoms with Crippen LogP contribution in [0.1, 0.15) is 0 Å². The summed E-state index contributed by atoms with van der Waals surface area (Å²) in [4.78, 5) is 2.13. The second-order valence-electron chi connectivity index (χ2n) is 3.40. The van der Waals surface area contributed by atoms with Gasteiger partial charge < -0.3 is 11.3 Å². The Labute approximate surface area is 125 Å². The first-order valence-corrected chi connectivity index (χ1v) is 4.72. The Kier molecular flexibility index (Phi) is 15.2. The minimum Gasteiger partial charge on any atom is -0.469 e. The molecule has 3 heteroatoms. The summed E-state index contributed by atoms with van der Waals surface area (Å²) in [5.74, 6) is 1.26. The largest absolute Gasteiger partial charge is 2.00 e. The van der Waals surface area contributed by atoms with Crippen LogP contribution >= 0.6 is 0 Å². The van der Waals surface area contributed by atoms with E-state index in [-0.39, 0.29) is 35.9 Å². The second-order valence-corrected chi connectivity index (χ2v) is 3.40. The minimum absolute atomic E-state index is 0. The Balaban J connectivity index is 0. The first kappa shape index (κ1) is 19.4. The predicted molar refractivity (Wildman–Crippen MR) is 59.4 cm³/mol. The average molecular weight is 249 g/mol. The van der Waals surface area contributed by atoms with E-state index in [1.807, 2.05) is 44.9 Å². The quantitative estimate of drug-likeness (QED) is 0.441. The predicted octanol–water partition coefficient (Wildman–Crippen LogP) is -1.15. The van der Waals surface area contributed by atoms with Crippen LogP contribution in [-0.2, 0) is 17.1 Å². The summed E-state index contributed by atoms with van der Waals surface area (Å²) in [6, 6.07) is 0. The minimum atomic E-state index is 0. The van der Waals surface area contributed by atoms with Crippen LogP contribution in [0.3, 0.4) is 0 Å². The van der Waals surface area contributed by atoms with E-state index in [4.69, 9.17) is 0 Å². The van der Waals surface area contributed by atoms with E-state index < -0.39 is 0 Å². The maximum atomic E-state index is 3.13. The monoisotopic (exact) mass is 249 g/mol. The van der Waals surface area contributed by atoms with Gasteiger partial charge in [0.2, 0.25) is 0 Å². The van der Waals surface area contributed by atoms with Crippen molar-refractivity contribution in [2.75, 3.05) is 20.6 Å². The van der Waals surface area contributed by atoms with Crippen molar-refractivity contribution < 1.29 is 35.9 Å². The van der Waals surface area contributed by atoms with Crippen LogP contribution in [0.4, 0.5) is 0 Å². The molecule has 1 nitrogen and oxygen atoms in total. The molecular weight excluding hydrogens is 233 g/mol. The van der Waals surface area contributed by atoms with Gasteiger partial charge in [-0.2, -0.15) is 5.92 Å². The zero-order valence-electron chi connectivity index (χ0n) is 10.1. The van der Waals surface area contributed by atoms with Gasteiger partial charge in [0.05, 0.1) is 0 Å². The van der Waals surface area contributed by atoms with Gasteiger partial charge in [-0.25, -0.2) is 6.42 Å². The molecule has 0 saturated heterocycles. The zero-order valence-corrected chi connectivity index (χ0v) is 11.2. The van der Waals surface area contributed by atoms with Crippen molar-refractivity contribution in [1.29, 1.82) is 0 Å². The zero-order chi connectivity index (χ0) is 10.2. The molecule has 10 radical (unpaired) electrons. The first-order chi connectivity index (χ1) is 6.79. The van der Waals surface area contributed by atoms with Crippen molar-refractivity contribution in [2.45, 2.75) is 0 Å². The van der Waals surface area contributed by atoms with E-state index in [0.717, 1.165) is 6.54 Å². The number of hydrogen-bond donors (Lipinski definition) is 0. The van der Waals surface area contributed by atoms with Crippen LogP contribution in [0.2, 0.25) is 0 Å². The van der Waals surface area contributed by atoms with Gasteiger partial charge >= 0.3 is 35.9 Å². The van der Waals surface area contributed by atoms with Crippen molar-refractivity contribution in [3.8, 4) is 0 Å². The molecule has 16 heavy (non-hydrogen) atoms. The standard InChI is InChI=1S/C8H11N.C5H5.Fe.Li/c1-9(2)7-8-5-3-4-6-8;1-2-4-5-3-1;;/h3-5H,7H2,1-2H3;1-5H;;/q-1;;+2;+1. The number of rotatable bonds is 2. The molecule has 0 atom stereocenters.